The fourth-order valence-corrected chi connectivity index (χ4v) is 3.95. The van der Waals surface area contributed by atoms with E-state index in [9.17, 15) is 9.18 Å². The minimum Gasteiger partial charge on any atom is -0.342 e. The number of halogens is 2. The molecule has 1 atom stereocenters. The van der Waals surface area contributed by atoms with Crippen molar-refractivity contribution in [1.29, 1.82) is 0 Å². The molecule has 0 saturated carbocycles. The van der Waals surface area contributed by atoms with Gasteiger partial charge < -0.3 is 9.88 Å². The first-order valence-corrected chi connectivity index (χ1v) is 9.56. The molecule has 4 nitrogen and oxygen atoms in total. The van der Waals surface area contributed by atoms with Gasteiger partial charge in [-0.3, -0.25) is 4.79 Å². The highest BCUT2D eigenvalue weighted by Crippen LogP contribution is 2.27. The van der Waals surface area contributed by atoms with Gasteiger partial charge in [-0.05, 0) is 58.6 Å². The second-order valence-electron chi connectivity index (χ2n) is 6.74. The summed E-state index contributed by atoms with van der Waals surface area (Å²) >= 11 is 3.18. The molecule has 2 heterocycles. The average molecular weight is 416 g/mol. The van der Waals surface area contributed by atoms with E-state index in [0.29, 0.717) is 11.0 Å². The molecule has 1 unspecified atom stereocenters. The molecule has 26 heavy (non-hydrogen) atoms. The van der Waals surface area contributed by atoms with Crippen LogP contribution in [-0.2, 0) is 11.2 Å². The summed E-state index contributed by atoms with van der Waals surface area (Å²) in [4.78, 5) is 22.7. The van der Waals surface area contributed by atoms with Crippen molar-refractivity contribution >= 4 is 32.9 Å². The minimum atomic E-state index is -0.316. The fraction of sp³-hybridized carbons (Fsp3) is 0.300. The number of carbonyl (C=O) groups is 1. The van der Waals surface area contributed by atoms with Crippen LogP contribution in [0, 0.1) is 5.82 Å². The Balaban J connectivity index is 1.47. The van der Waals surface area contributed by atoms with Crippen LogP contribution in [0.4, 0.5) is 4.39 Å². The quantitative estimate of drug-likeness (QED) is 0.688. The topological polar surface area (TPSA) is 49.0 Å². The van der Waals surface area contributed by atoms with Crippen molar-refractivity contribution in [3.05, 3.63) is 64.1 Å². The Morgan fingerprint density at radius 2 is 2.15 bits per heavy atom. The Bertz CT molecular complexity index is 922. The first-order chi connectivity index (χ1) is 12.6. The van der Waals surface area contributed by atoms with Gasteiger partial charge in [-0.25, -0.2) is 9.37 Å². The maximum Gasteiger partial charge on any atom is 0.227 e. The van der Waals surface area contributed by atoms with Crippen LogP contribution >= 0.6 is 15.9 Å². The molecular formula is C20H19BrFN3O. The van der Waals surface area contributed by atoms with Crippen molar-refractivity contribution in [3.63, 3.8) is 0 Å². The lowest BCUT2D eigenvalue weighted by molar-refractivity contribution is -0.131. The monoisotopic (exact) mass is 415 g/mol. The molecule has 1 aliphatic rings. The summed E-state index contributed by atoms with van der Waals surface area (Å²) in [7, 11) is 0. The lowest BCUT2D eigenvalue weighted by Crippen LogP contribution is -2.40. The van der Waals surface area contributed by atoms with Gasteiger partial charge in [-0.2, -0.15) is 0 Å². The third-order valence-corrected chi connectivity index (χ3v) is 5.52. The minimum absolute atomic E-state index is 0.0734. The maximum atomic E-state index is 13.4. The number of likely N-dealkylation sites (tertiary alicyclic amines) is 1. The fourth-order valence-electron chi connectivity index (χ4n) is 3.53. The van der Waals surface area contributed by atoms with Gasteiger partial charge in [0.25, 0.3) is 0 Å². The van der Waals surface area contributed by atoms with Gasteiger partial charge in [-0.1, -0.05) is 18.2 Å². The number of rotatable bonds is 3. The van der Waals surface area contributed by atoms with E-state index in [0.717, 1.165) is 41.8 Å². The molecule has 0 radical (unpaired) electrons. The normalized spacial score (nSPS) is 17.6. The average Bonchev–Trinajstić information content (AvgIpc) is 3.09. The van der Waals surface area contributed by atoms with Gasteiger partial charge in [0.2, 0.25) is 5.91 Å². The van der Waals surface area contributed by atoms with Crippen molar-refractivity contribution in [2.75, 3.05) is 13.1 Å². The second-order valence-corrected chi connectivity index (χ2v) is 7.60. The molecule has 0 spiro atoms. The third-order valence-electron chi connectivity index (χ3n) is 4.91. The number of imidazole rings is 1. The van der Waals surface area contributed by atoms with Crippen LogP contribution < -0.4 is 0 Å². The van der Waals surface area contributed by atoms with Crippen molar-refractivity contribution in [1.82, 2.24) is 14.9 Å². The Labute approximate surface area is 159 Å². The number of fused-ring (bicyclic) bond motifs is 1. The van der Waals surface area contributed by atoms with Gasteiger partial charge in [0.15, 0.2) is 0 Å². The van der Waals surface area contributed by atoms with E-state index < -0.39 is 0 Å². The SMILES string of the molecule is O=C(Cc1ccc(F)c(Br)c1)N1CCCC(c2nc3ccccc3[nH]2)C1. The first kappa shape index (κ1) is 17.2. The summed E-state index contributed by atoms with van der Waals surface area (Å²) in [6.07, 6.45) is 2.26. The number of para-hydroxylation sites is 2. The van der Waals surface area contributed by atoms with Crippen LogP contribution in [0.1, 0.15) is 30.1 Å². The zero-order chi connectivity index (χ0) is 18.1. The number of nitrogens with one attached hydrogen (secondary N) is 1. The Morgan fingerprint density at radius 1 is 1.31 bits per heavy atom. The predicted molar refractivity (Wildman–Crippen MR) is 102 cm³/mol. The molecule has 1 amide bonds. The largest absolute Gasteiger partial charge is 0.342 e. The molecule has 0 aliphatic carbocycles. The van der Waals surface area contributed by atoms with Crippen LogP contribution in [0.25, 0.3) is 11.0 Å². The second kappa shape index (κ2) is 7.19. The van der Waals surface area contributed by atoms with Crippen molar-refractivity contribution < 1.29 is 9.18 Å². The van der Waals surface area contributed by atoms with Crippen LogP contribution in [0.2, 0.25) is 0 Å². The van der Waals surface area contributed by atoms with Gasteiger partial charge in [-0.15, -0.1) is 0 Å². The first-order valence-electron chi connectivity index (χ1n) is 8.76. The van der Waals surface area contributed by atoms with E-state index in [4.69, 9.17) is 4.98 Å². The molecule has 1 aliphatic heterocycles. The van der Waals surface area contributed by atoms with Gasteiger partial charge in [0, 0.05) is 19.0 Å². The van der Waals surface area contributed by atoms with E-state index in [1.54, 1.807) is 12.1 Å². The molecular weight excluding hydrogens is 397 g/mol. The lowest BCUT2D eigenvalue weighted by Gasteiger charge is -2.32. The summed E-state index contributed by atoms with van der Waals surface area (Å²) in [5.74, 6) is 0.932. The van der Waals surface area contributed by atoms with Crippen LogP contribution in [0.5, 0.6) is 0 Å². The molecule has 2 aromatic carbocycles. The number of piperidine rings is 1. The standard InChI is InChI=1S/C20H19BrFN3O/c21-15-10-13(7-8-16(15)22)11-19(26)25-9-3-4-14(12-25)20-23-17-5-1-2-6-18(17)24-20/h1-2,5-8,10,14H,3-4,9,11-12H2,(H,23,24). The molecule has 6 heteroatoms. The Kier molecular flexibility index (Phi) is 4.76. The number of aromatic amines is 1. The maximum absolute atomic E-state index is 13.4. The number of carbonyl (C=O) groups excluding carboxylic acids is 1. The van der Waals surface area contributed by atoms with Crippen molar-refractivity contribution in [2.24, 2.45) is 0 Å². The highest BCUT2D eigenvalue weighted by Gasteiger charge is 2.26. The molecule has 0 bridgehead atoms. The summed E-state index contributed by atoms with van der Waals surface area (Å²) < 4.78 is 13.8. The van der Waals surface area contributed by atoms with Crippen molar-refractivity contribution in [2.45, 2.75) is 25.2 Å². The number of amides is 1. The summed E-state index contributed by atoms with van der Waals surface area (Å²) in [5, 5.41) is 0. The summed E-state index contributed by atoms with van der Waals surface area (Å²) in [6, 6.07) is 12.7. The van der Waals surface area contributed by atoms with E-state index in [1.807, 2.05) is 29.2 Å². The smallest absolute Gasteiger partial charge is 0.227 e. The van der Waals surface area contributed by atoms with Gasteiger partial charge in [0.1, 0.15) is 11.6 Å². The number of nitrogens with zero attached hydrogens (tertiary/aromatic N) is 2. The van der Waals surface area contributed by atoms with Crippen LogP contribution in [0.3, 0.4) is 0 Å². The molecule has 1 fully saturated rings. The molecule has 1 N–H and O–H groups in total. The van der Waals surface area contributed by atoms with E-state index in [-0.39, 0.29) is 24.1 Å². The van der Waals surface area contributed by atoms with Crippen LogP contribution in [0.15, 0.2) is 46.9 Å². The summed E-state index contributed by atoms with van der Waals surface area (Å²) in [5.41, 5.74) is 2.80. The Hall–Kier alpha value is -2.21. The zero-order valence-electron chi connectivity index (χ0n) is 14.2. The number of hydrogen-bond acceptors (Lipinski definition) is 2. The molecule has 3 aromatic rings. The number of H-pyrrole nitrogens is 1. The highest BCUT2D eigenvalue weighted by atomic mass is 79.9. The molecule has 1 aromatic heterocycles. The van der Waals surface area contributed by atoms with Crippen LogP contribution in [-0.4, -0.2) is 33.9 Å². The zero-order valence-corrected chi connectivity index (χ0v) is 15.8. The van der Waals surface area contributed by atoms with E-state index in [1.165, 1.54) is 6.07 Å². The highest BCUT2D eigenvalue weighted by molar-refractivity contribution is 9.10. The Morgan fingerprint density at radius 3 is 2.96 bits per heavy atom. The molecule has 134 valence electrons. The number of aromatic nitrogens is 2. The van der Waals surface area contributed by atoms with E-state index >= 15 is 0 Å². The molecule has 1 saturated heterocycles. The lowest BCUT2D eigenvalue weighted by atomic mass is 9.96. The number of benzene rings is 2. The van der Waals surface area contributed by atoms with Gasteiger partial charge >= 0.3 is 0 Å². The van der Waals surface area contributed by atoms with Gasteiger partial charge in [0.05, 0.1) is 21.9 Å². The van der Waals surface area contributed by atoms with E-state index in [2.05, 4.69) is 20.9 Å². The predicted octanol–water partition coefficient (Wildman–Crippen LogP) is 4.41. The number of hydrogen-bond donors (Lipinski definition) is 1. The van der Waals surface area contributed by atoms with Crippen molar-refractivity contribution in [3.8, 4) is 0 Å². The summed E-state index contributed by atoms with van der Waals surface area (Å²) in [6.45, 7) is 1.43. The third kappa shape index (κ3) is 3.51. The molecule has 4 rings (SSSR count).